The largest absolute Gasteiger partial charge is 0.434 e. The standard InChI is InChI=1S/C22H19F2N5O/c1-13-17(14(2)28-27-13)10-21-26-18-8-7-15(11-25)9-19(18)29(21)12-16-5-3-4-6-20(16)30-22(23)24/h3-9,22H,10,12H2,1-2H3,(H,27,28). The van der Waals surface area contributed by atoms with E-state index in [2.05, 4.69) is 16.3 Å². The van der Waals surface area contributed by atoms with Crippen molar-refractivity contribution in [2.24, 2.45) is 0 Å². The number of ether oxygens (including phenoxy) is 1. The number of nitriles is 1. The molecule has 0 unspecified atom stereocenters. The summed E-state index contributed by atoms with van der Waals surface area (Å²) in [6.07, 6.45) is 0.516. The number of hydrogen-bond acceptors (Lipinski definition) is 4. The van der Waals surface area contributed by atoms with Gasteiger partial charge in [-0.25, -0.2) is 4.98 Å². The SMILES string of the molecule is Cc1n[nH]c(C)c1Cc1nc2ccc(C#N)cc2n1Cc1ccccc1OC(F)F. The molecule has 0 aliphatic heterocycles. The number of para-hydroxylation sites is 1. The van der Waals surface area contributed by atoms with E-state index in [1.165, 1.54) is 6.07 Å². The molecule has 0 amide bonds. The number of imidazole rings is 1. The van der Waals surface area contributed by atoms with Crippen LogP contribution in [0.25, 0.3) is 11.0 Å². The summed E-state index contributed by atoms with van der Waals surface area (Å²) in [6.45, 7) is 1.24. The number of rotatable bonds is 6. The van der Waals surface area contributed by atoms with Gasteiger partial charge < -0.3 is 9.30 Å². The molecule has 0 saturated carbocycles. The Morgan fingerprint density at radius 1 is 1.20 bits per heavy atom. The summed E-state index contributed by atoms with van der Waals surface area (Å²) >= 11 is 0. The molecule has 0 radical (unpaired) electrons. The van der Waals surface area contributed by atoms with Crippen LogP contribution in [0.15, 0.2) is 42.5 Å². The number of benzene rings is 2. The van der Waals surface area contributed by atoms with Crippen LogP contribution < -0.4 is 4.74 Å². The molecule has 152 valence electrons. The Bertz CT molecular complexity index is 1230. The number of aromatic nitrogens is 4. The second kappa shape index (κ2) is 7.95. The smallest absolute Gasteiger partial charge is 0.387 e. The van der Waals surface area contributed by atoms with Crippen molar-refractivity contribution < 1.29 is 13.5 Å². The highest BCUT2D eigenvalue weighted by molar-refractivity contribution is 5.78. The number of fused-ring (bicyclic) bond motifs is 1. The number of nitrogens with zero attached hydrogens (tertiary/aromatic N) is 4. The number of hydrogen-bond donors (Lipinski definition) is 1. The van der Waals surface area contributed by atoms with Gasteiger partial charge in [0.2, 0.25) is 0 Å². The number of alkyl halides is 2. The Balaban J connectivity index is 1.84. The number of H-pyrrole nitrogens is 1. The van der Waals surface area contributed by atoms with Gasteiger partial charge in [-0.05, 0) is 38.1 Å². The van der Waals surface area contributed by atoms with Gasteiger partial charge in [-0.3, -0.25) is 5.10 Å². The van der Waals surface area contributed by atoms with E-state index in [0.29, 0.717) is 17.5 Å². The van der Waals surface area contributed by atoms with Gasteiger partial charge in [-0.1, -0.05) is 18.2 Å². The maximum Gasteiger partial charge on any atom is 0.387 e. The van der Waals surface area contributed by atoms with Crippen molar-refractivity contribution in [3.05, 3.63) is 76.4 Å². The molecular weight excluding hydrogens is 388 g/mol. The van der Waals surface area contributed by atoms with Gasteiger partial charge in [0.25, 0.3) is 0 Å². The average Bonchev–Trinajstić information content (AvgIpc) is 3.23. The van der Waals surface area contributed by atoms with Crippen molar-refractivity contribution in [2.75, 3.05) is 0 Å². The summed E-state index contributed by atoms with van der Waals surface area (Å²) < 4.78 is 32.4. The van der Waals surface area contributed by atoms with E-state index in [0.717, 1.165) is 33.8 Å². The normalized spacial score (nSPS) is 11.2. The summed E-state index contributed by atoms with van der Waals surface area (Å²) in [5.41, 5.74) is 5.45. The minimum atomic E-state index is -2.91. The maximum absolute atomic E-state index is 12.9. The van der Waals surface area contributed by atoms with Crippen LogP contribution in [0.5, 0.6) is 5.75 Å². The summed E-state index contributed by atoms with van der Waals surface area (Å²) in [6, 6.07) is 14.1. The highest BCUT2D eigenvalue weighted by Crippen LogP contribution is 2.27. The molecule has 0 bridgehead atoms. The van der Waals surface area contributed by atoms with Gasteiger partial charge in [0.05, 0.1) is 34.9 Å². The van der Waals surface area contributed by atoms with Gasteiger partial charge in [-0.15, -0.1) is 0 Å². The lowest BCUT2D eigenvalue weighted by atomic mass is 10.1. The van der Waals surface area contributed by atoms with Crippen LogP contribution in [0.4, 0.5) is 8.78 Å². The fourth-order valence-corrected chi connectivity index (χ4v) is 3.56. The molecule has 6 nitrogen and oxygen atoms in total. The lowest BCUT2D eigenvalue weighted by Crippen LogP contribution is -2.10. The first kappa shape index (κ1) is 19.6. The van der Waals surface area contributed by atoms with Crippen molar-refractivity contribution in [2.45, 2.75) is 33.4 Å². The monoisotopic (exact) mass is 407 g/mol. The highest BCUT2D eigenvalue weighted by atomic mass is 19.3. The molecule has 4 aromatic rings. The van der Waals surface area contributed by atoms with Gasteiger partial charge in [0.15, 0.2) is 0 Å². The van der Waals surface area contributed by atoms with Crippen LogP contribution in [0.2, 0.25) is 0 Å². The second-order valence-electron chi connectivity index (χ2n) is 7.01. The zero-order chi connectivity index (χ0) is 21.3. The first-order chi connectivity index (χ1) is 14.5. The van der Waals surface area contributed by atoms with Gasteiger partial charge in [0, 0.05) is 23.2 Å². The van der Waals surface area contributed by atoms with E-state index in [9.17, 15) is 14.0 Å². The Morgan fingerprint density at radius 2 is 2.00 bits per heavy atom. The van der Waals surface area contributed by atoms with E-state index in [4.69, 9.17) is 9.72 Å². The molecule has 8 heteroatoms. The Labute approximate surface area is 171 Å². The molecule has 0 spiro atoms. The summed E-state index contributed by atoms with van der Waals surface area (Å²) in [5, 5.41) is 16.5. The van der Waals surface area contributed by atoms with E-state index in [-0.39, 0.29) is 12.3 Å². The molecule has 1 N–H and O–H groups in total. The molecule has 0 saturated heterocycles. The molecule has 0 aliphatic carbocycles. The van der Waals surface area contributed by atoms with Crippen LogP contribution in [0, 0.1) is 25.2 Å². The van der Waals surface area contributed by atoms with Crippen molar-refractivity contribution in [1.82, 2.24) is 19.7 Å². The van der Waals surface area contributed by atoms with E-state index >= 15 is 0 Å². The third-order valence-electron chi connectivity index (χ3n) is 5.09. The van der Waals surface area contributed by atoms with Gasteiger partial charge >= 0.3 is 6.61 Å². The van der Waals surface area contributed by atoms with Crippen molar-refractivity contribution >= 4 is 11.0 Å². The first-order valence-electron chi connectivity index (χ1n) is 9.38. The minimum Gasteiger partial charge on any atom is -0.434 e. The van der Waals surface area contributed by atoms with Crippen LogP contribution in [-0.2, 0) is 13.0 Å². The lowest BCUT2D eigenvalue weighted by Gasteiger charge is -2.14. The zero-order valence-corrected chi connectivity index (χ0v) is 16.5. The predicted octanol–water partition coefficient (Wildman–Crippen LogP) is 4.49. The van der Waals surface area contributed by atoms with Gasteiger partial charge in [0.1, 0.15) is 11.6 Å². The van der Waals surface area contributed by atoms with Crippen molar-refractivity contribution in [1.29, 1.82) is 5.26 Å². The fraction of sp³-hybridized carbons (Fsp3) is 0.227. The van der Waals surface area contributed by atoms with E-state index < -0.39 is 6.61 Å². The Kier molecular flexibility index (Phi) is 5.19. The molecule has 2 heterocycles. The third kappa shape index (κ3) is 3.74. The molecule has 4 rings (SSSR count). The average molecular weight is 407 g/mol. The highest BCUT2D eigenvalue weighted by Gasteiger charge is 2.18. The molecule has 30 heavy (non-hydrogen) atoms. The Morgan fingerprint density at radius 3 is 2.70 bits per heavy atom. The summed E-state index contributed by atoms with van der Waals surface area (Å²) in [4.78, 5) is 4.75. The topological polar surface area (TPSA) is 79.5 Å². The number of halogens is 2. The van der Waals surface area contributed by atoms with Crippen LogP contribution in [0.3, 0.4) is 0 Å². The predicted molar refractivity (Wildman–Crippen MR) is 107 cm³/mol. The third-order valence-corrected chi connectivity index (χ3v) is 5.09. The van der Waals surface area contributed by atoms with E-state index in [1.807, 2.05) is 18.4 Å². The zero-order valence-electron chi connectivity index (χ0n) is 16.5. The lowest BCUT2D eigenvalue weighted by molar-refractivity contribution is -0.0504. The summed E-state index contributed by atoms with van der Waals surface area (Å²) in [5.74, 6) is 0.868. The molecule has 0 aliphatic rings. The van der Waals surface area contributed by atoms with Crippen LogP contribution >= 0.6 is 0 Å². The second-order valence-corrected chi connectivity index (χ2v) is 7.01. The van der Waals surface area contributed by atoms with E-state index in [1.54, 1.807) is 36.4 Å². The van der Waals surface area contributed by atoms with Crippen LogP contribution in [-0.4, -0.2) is 26.4 Å². The number of aromatic amines is 1. The van der Waals surface area contributed by atoms with Crippen molar-refractivity contribution in [3.8, 4) is 11.8 Å². The fourth-order valence-electron chi connectivity index (χ4n) is 3.56. The Hall–Kier alpha value is -3.73. The van der Waals surface area contributed by atoms with Crippen LogP contribution in [0.1, 0.15) is 33.9 Å². The molecular formula is C22H19F2N5O. The van der Waals surface area contributed by atoms with Gasteiger partial charge in [-0.2, -0.15) is 19.1 Å². The first-order valence-corrected chi connectivity index (χ1v) is 9.38. The number of aryl methyl sites for hydroxylation is 2. The minimum absolute atomic E-state index is 0.118. The molecule has 0 atom stereocenters. The molecule has 2 aromatic carbocycles. The number of nitrogens with one attached hydrogen (secondary N) is 1. The molecule has 0 fully saturated rings. The maximum atomic E-state index is 12.9. The molecule has 2 aromatic heterocycles. The summed E-state index contributed by atoms with van der Waals surface area (Å²) in [7, 11) is 0. The quantitative estimate of drug-likeness (QED) is 0.511. The van der Waals surface area contributed by atoms with Crippen molar-refractivity contribution in [3.63, 3.8) is 0 Å².